The zero-order valence-electron chi connectivity index (χ0n) is 15.4. The average Bonchev–Trinajstić information content (AvgIpc) is 2.75. The number of ether oxygens (including phenoxy) is 1. The van der Waals surface area contributed by atoms with Crippen molar-refractivity contribution in [3.63, 3.8) is 0 Å². The molecule has 0 saturated carbocycles. The van der Waals surface area contributed by atoms with E-state index in [9.17, 15) is 19.8 Å². The molecule has 29 heavy (non-hydrogen) atoms. The van der Waals surface area contributed by atoms with Crippen LogP contribution in [0.25, 0.3) is 10.8 Å². The predicted molar refractivity (Wildman–Crippen MR) is 107 cm³/mol. The molecule has 0 aromatic heterocycles. The third kappa shape index (κ3) is 4.28. The number of anilines is 1. The minimum atomic E-state index is -0.940. The summed E-state index contributed by atoms with van der Waals surface area (Å²) in [5.41, 5.74) is 0.340. The number of phenolic OH excluding ortho intramolecular Hbond substituents is 2. The number of carbonyl (C=O) groups is 2. The van der Waals surface area contributed by atoms with Crippen molar-refractivity contribution < 1.29 is 24.5 Å². The molecule has 3 aromatic rings. The molecule has 0 saturated heterocycles. The lowest BCUT2D eigenvalue weighted by Gasteiger charge is -2.21. The van der Waals surface area contributed by atoms with E-state index in [0.717, 1.165) is 6.07 Å². The quantitative estimate of drug-likeness (QED) is 0.493. The SMILES string of the molecule is N#CCCN(C(=O)COC(=O)c1cc(O)c2ccccc2c1O)c1ccccc1. The topological polar surface area (TPSA) is 111 Å². The van der Waals surface area contributed by atoms with Crippen LogP contribution >= 0.6 is 0 Å². The first-order valence-electron chi connectivity index (χ1n) is 8.86. The monoisotopic (exact) mass is 390 g/mol. The van der Waals surface area contributed by atoms with Gasteiger partial charge in [-0.15, -0.1) is 0 Å². The Balaban J connectivity index is 1.77. The molecule has 0 heterocycles. The molecule has 0 atom stereocenters. The van der Waals surface area contributed by atoms with Gasteiger partial charge in [0.2, 0.25) is 0 Å². The fourth-order valence-electron chi connectivity index (χ4n) is 2.95. The first-order chi connectivity index (χ1) is 14.0. The number of carbonyl (C=O) groups excluding carboxylic acids is 2. The zero-order chi connectivity index (χ0) is 20.8. The van der Waals surface area contributed by atoms with E-state index in [-0.39, 0.29) is 30.0 Å². The summed E-state index contributed by atoms with van der Waals surface area (Å²) < 4.78 is 5.07. The van der Waals surface area contributed by atoms with Crippen LogP contribution in [0.3, 0.4) is 0 Å². The second-order valence-corrected chi connectivity index (χ2v) is 6.20. The summed E-state index contributed by atoms with van der Waals surface area (Å²) in [6.07, 6.45) is 0.119. The van der Waals surface area contributed by atoms with Crippen molar-refractivity contribution in [3.05, 3.63) is 66.2 Å². The lowest BCUT2D eigenvalue weighted by Crippen LogP contribution is -2.35. The number of nitrogens with zero attached hydrogens (tertiary/aromatic N) is 2. The molecule has 0 radical (unpaired) electrons. The number of benzene rings is 3. The van der Waals surface area contributed by atoms with Gasteiger partial charge in [-0.25, -0.2) is 4.79 Å². The Morgan fingerprint density at radius 2 is 1.66 bits per heavy atom. The highest BCUT2D eigenvalue weighted by Gasteiger charge is 2.21. The van der Waals surface area contributed by atoms with E-state index < -0.39 is 18.5 Å². The number of nitriles is 1. The number of hydrogen-bond donors (Lipinski definition) is 2. The molecular formula is C22H18N2O5. The molecule has 1 amide bonds. The Hall–Kier alpha value is -4.05. The second kappa shape index (κ2) is 8.76. The molecule has 7 heteroatoms. The van der Waals surface area contributed by atoms with Gasteiger partial charge in [-0.2, -0.15) is 5.26 Å². The Labute approximate surface area is 167 Å². The molecule has 0 unspecified atom stereocenters. The lowest BCUT2D eigenvalue weighted by atomic mass is 10.0. The van der Waals surface area contributed by atoms with Gasteiger partial charge in [0, 0.05) is 23.0 Å². The van der Waals surface area contributed by atoms with Crippen LogP contribution in [-0.2, 0) is 9.53 Å². The molecule has 0 aliphatic rings. The van der Waals surface area contributed by atoms with Crippen LogP contribution in [0.1, 0.15) is 16.8 Å². The molecule has 2 N–H and O–H groups in total. The molecule has 146 valence electrons. The molecule has 0 spiro atoms. The van der Waals surface area contributed by atoms with E-state index >= 15 is 0 Å². The fraction of sp³-hybridized carbons (Fsp3) is 0.136. The van der Waals surface area contributed by atoms with Gasteiger partial charge >= 0.3 is 5.97 Å². The minimum Gasteiger partial charge on any atom is -0.507 e. The summed E-state index contributed by atoms with van der Waals surface area (Å²) in [7, 11) is 0. The number of aromatic hydroxyl groups is 2. The molecule has 0 aliphatic heterocycles. The van der Waals surface area contributed by atoms with Gasteiger partial charge in [-0.1, -0.05) is 42.5 Å². The van der Waals surface area contributed by atoms with Crippen LogP contribution in [0.15, 0.2) is 60.7 Å². The second-order valence-electron chi connectivity index (χ2n) is 6.20. The van der Waals surface area contributed by atoms with Crippen molar-refractivity contribution in [2.45, 2.75) is 6.42 Å². The summed E-state index contributed by atoms with van der Waals surface area (Å²) in [6, 6.07) is 18.3. The summed E-state index contributed by atoms with van der Waals surface area (Å²) in [5, 5.41) is 30.0. The van der Waals surface area contributed by atoms with E-state index in [1.54, 1.807) is 54.6 Å². The van der Waals surface area contributed by atoms with Crippen LogP contribution in [0, 0.1) is 11.3 Å². The summed E-state index contributed by atoms with van der Waals surface area (Å²) in [6.45, 7) is -0.426. The van der Waals surface area contributed by atoms with Crippen LogP contribution in [0.5, 0.6) is 11.5 Å². The predicted octanol–water partition coefficient (Wildman–Crippen LogP) is 3.35. The number of fused-ring (bicyclic) bond motifs is 1. The van der Waals surface area contributed by atoms with Gasteiger partial charge in [0.15, 0.2) is 6.61 Å². The number of amides is 1. The maximum absolute atomic E-state index is 12.6. The summed E-state index contributed by atoms with van der Waals surface area (Å²) >= 11 is 0. The Morgan fingerprint density at radius 3 is 2.34 bits per heavy atom. The van der Waals surface area contributed by atoms with Crippen LogP contribution in [0.4, 0.5) is 5.69 Å². The number of phenols is 2. The van der Waals surface area contributed by atoms with Crippen molar-refractivity contribution in [2.75, 3.05) is 18.1 Å². The Kier molecular flexibility index (Phi) is 5.95. The number of esters is 1. The molecule has 0 bridgehead atoms. The third-order valence-corrected chi connectivity index (χ3v) is 4.36. The molecule has 3 aromatic carbocycles. The van der Waals surface area contributed by atoms with Crippen molar-refractivity contribution in [2.24, 2.45) is 0 Å². The van der Waals surface area contributed by atoms with Gasteiger partial charge in [0.25, 0.3) is 5.91 Å². The van der Waals surface area contributed by atoms with E-state index in [2.05, 4.69) is 0 Å². The summed E-state index contributed by atoms with van der Waals surface area (Å²) in [4.78, 5) is 26.4. The average molecular weight is 390 g/mol. The van der Waals surface area contributed by atoms with Crippen LogP contribution in [0.2, 0.25) is 0 Å². The van der Waals surface area contributed by atoms with Gasteiger partial charge in [0.1, 0.15) is 17.1 Å². The minimum absolute atomic E-state index is 0.119. The van der Waals surface area contributed by atoms with Gasteiger partial charge in [-0.05, 0) is 18.2 Å². The van der Waals surface area contributed by atoms with Gasteiger partial charge in [0.05, 0.1) is 12.5 Å². The number of rotatable bonds is 6. The Bertz CT molecular complexity index is 1090. The number of para-hydroxylation sites is 1. The maximum Gasteiger partial charge on any atom is 0.342 e. The van der Waals surface area contributed by atoms with Crippen LogP contribution < -0.4 is 4.90 Å². The standard InChI is InChI=1S/C22H18N2O5/c23-11-6-12-24(15-7-2-1-3-8-15)20(26)14-29-22(28)18-13-19(25)16-9-4-5-10-17(16)21(18)27/h1-5,7-10,13,25,27H,6,12,14H2. The highest BCUT2D eigenvalue weighted by atomic mass is 16.5. The van der Waals surface area contributed by atoms with Crippen LogP contribution in [-0.4, -0.2) is 35.2 Å². The largest absolute Gasteiger partial charge is 0.507 e. The lowest BCUT2D eigenvalue weighted by molar-refractivity contribution is -0.121. The van der Waals surface area contributed by atoms with E-state index in [1.165, 1.54) is 4.90 Å². The van der Waals surface area contributed by atoms with Crippen molar-refractivity contribution in [3.8, 4) is 17.6 Å². The van der Waals surface area contributed by atoms with Gasteiger partial charge < -0.3 is 19.8 Å². The van der Waals surface area contributed by atoms with Crippen molar-refractivity contribution >= 4 is 28.3 Å². The zero-order valence-corrected chi connectivity index (χ0v) is 15.4. The van der Waals surface area contributed by atoms with E-state index in [1.807, 2.05) is 6.07 Å². The molecule has 0 fully saturated rings. The smallest absolute Gasteiger partial charge is 0.342 e. The van der Waals surface area contributed by atoms with Gasteiger partial charge in [-0.3, -0.25) is 4.79 Å². The Morgan fingerprint density at radius 1 is 1.00 bits per heavy atom. The fourth-order valence-corrected chi connectivity index (χ4v) is 2.95. The van der Waals surface area contributed by atoms with Crippen molar-refractivity contribution in [1.82, 2.24) is 0 Å². The third-order valence-electron chi connectivity index (χ3n) is 4.36. The molecular weight excluding hydrogens is 372 g/mol. The highest BCUT2D eigenvalue weighted by Crippen LogP contribution is 2.35. The molecule has 7 nitrogen and oxygen atoms in total. The molecule has 0 aliphatic carbocycles. The van der Waals surface area contributed by atoms with Crippen molar-refractivity contribution in [1.29, 1.82) is 5.26 Å². The van der Waals surface area contributed by atoms with E-state index in [0.29, 0.717) is 16.5 Å². The van der Waals surface area contributed by atoms with E-state index in [4.69, 9.17) is 10.00 Å². The normalized spacial score (nSPS) is 10.3. The maximum atomic E-state index is 12.6. The first kappa shape index (κ1) is 19.7. The molecule has 3 rings (SSSR count). The number of hydrogen-bond acceptors (Lipinski definition) is 6. The highest BCUT2D eigenvalue weighted by molar-refractivity contribution is 6.04. The summed E-state index contributed by atoms with van der Waals surface area (Å²) in [5.74, 6) is -1.97. The first-order valence-corrected chi connectivity index (χ1v) is 8.86.